The average molecular weight is 471 g/mol. The molecule has 1 saturated heterocycles. The molecular weight excluding hydrogens is 440 g/mol. The molecule has 0 N–H and O–H groups in total. The van der Waals surface area contributed by atoms with Crippen molar-refractivity contribution in [1.82, 2.24) is 8.87 Å². The predicted octanol–water partition coefficient (Wildman–Crippen LogP) is 5.89. The molecule has 2 heterocycles. The Hall–Kier alpha value is -2.89. The maximum atomic E-state index is 13.5. The van der Waals surface area contributed by atoms with E-state index in [1.807, 2.05) is 30.3 Å². The number of aryl methyl sites for hydroxylation is 1. The van der Waals surface area contributed by atoms with Gasteiger partial charge < -0.3 is 0 Å². The van der Waals surface area contributed by atoms with E-state index in [2.05, 4.69) is 30.0 Å². The highest BCUT2D eigenvalue weighted by atomic mass is 32.2. The number of para-hydroxylation sites is 1. The van der Waals surface area contributed by atoms with Gasteiger partial charge in [-0.3, -0.25) is 4.90 Å². The topological polar surface area (TPSA) is 42.3 Å². The smallest absolute Gasteiger partial charge is 0.268 e. The number of aromatic nitrogens is 1. The van der Waals surface area contributed by atoms with Crippen LogP contribution in [0.3, 0.4) is 0 Å². The van der Waals surface area contributed by atoms with E-state index in [0.717, 1.165) is 29.4 Å². The molecule has 4 aromatic rings. The van der Waals surface area contributed by atoms with Crippen molar-refractivity contribution >= 4 is 20.9 Å². The van der Waals surface area contributed by atoms with Crippen LogP contribution in [0.4, 0.5) is 0 Å². The van der Waals surface area contributed by atoms with Gasteiger partial charge in [0.2, 0.25) is 0 Å². The third-order valence-corrected chi connectivity index (χ3v) is 9.46. The van der Waals surface area contributed by atoms with Gasteiger partial charge in [0.15, 0.2) is 0 Å². The van der Waals surface area contributed by atoms with Gasteiger partial charge in [-0.1, -0.05) is 54.6 Å². The fraction of sp³-hybridized carbons (Fsp3) is 0.310. The normalized spacial score (nSPS) is 21.1. The van der Waals surface area contributed by atoms with E-state index in [4.69, 9.17) is 0 Å². The van der Waals surface area contributed by atoms with Gasteiger partial charge >= 0.3 is 0 Å². The first-order chi connectivity index (χ1) is 16.5. The molecular formula is C29H30N2O2S. The Morgan fingerprint density at radius 2 is 1.68 bits per heavy atom. The first-order valence-electron chi connectivity index (χ1n) is 12.3. The lowest BCUT2D eigenvalue weighted by molar-refractivity contribution is 0.174. The Labute approximate surface area is 201 Å². The van der Waals surface area contributed by atoms with E-state index >= 15 is 0 Å². The lowest BCUT2D eigenvalue weighted by atomic mass is 9.85. The number of rotatable bonds is 4. The molecule has 0 spiro atoms. The second-order valence-electron chi connectivity index (χ2n) is 9.78. The van der Waals surface area contributed by atoms with Crippen molar-refractivity contribution < 1.29 is 8.42 Å². The largest absolute Gasteiger partial charge is 0.297 e. The molecule has 0 amide bonds. The maximum Gasteiger partial charge on any atom is 0.268 e. The monoisotopic (exact) mass is 470 g/mol. The summed E-state index contributed by atoms with van der Waals surface area (Å²) in [5.74, 6) is 0. The molecule has 1 aromatic heterocycles. The summed E-state index contributed by atoms with van der Waals surface area (Å²) in [6.45, 7) is 3.60. The van der Waals surface area contributed by atoms with Crippen LogP contribution in [-0.4, -0.2) is 35.9 Å². The highest BCUT2D eigenvalue weighted by molar-refractivity contribution is 7.90. The van der Waals surface area contributed by atoms with Gasteiger partial charge in [0, 0.05) is 29.2 Å². The summed E-state index contributed by atoms with van der Waals surface area (Å²) < 4.78 is 28.4. The van der Waals surface area contributed by atoms with Gasteiger partial charge in [-0.05, 0) is 80.5 Å². The minimum absolute atomic E-state index is 0.301. The quantitative estimate of drug-likeness (QED) is 0.374. The molecule has 1 fully saturated rings. The minimum atomic E-state index is -3.68. The van der Waals surface area contributed by atoms with Gasteiger partial charge in [0.25, 0.3) is 10.0 Å². The SMILES string of the molecule is CC1CCCN1C1CCc2cc(-c3cn(S(=O)(=O)c4ccccc4)c4ccccc34)ccc2C1. The number of hydrogen-bond donors (Lipinski definition) is 0. The summed E-state index contributed by atoms with van der Waals surface area (Å²) in [6.07, 6.45) is 7.83. The number of benzene rings is 3. The van der Waals surface area contributed by atoms with Crippen LogP contribution in [0, 0.1) is 0 Å². The van der Waals surface area contributed by atoms with Crippen molar-refractivity contribution in [3.63, 3.8) is 0 Å². The standard InChI is InChI=1S/C29H30N2O2S/c1-21-8-7-17-30(21)25-16-15-22-18-24(14-13-23(22)19-25)28-20-31(29-12-6-5-11-27(28)29)34(32,33)26-9-3-2-4-10-26/h2-6,9-14,18,20-21,25H,7-8,15-17,19H2,1H3. The molecule has 0 radical (unpaired) electrons. The summed E-state index contributed by atoms with van der Waals surface area (Å²) in [6, 6.07) is 24.5. The Bertz CT molecular complexity index is 1460. The summed E-state index contributed by atoms with van der Waals surface area (Å²) in [4.78, 5) is 3.01. The van der Waals surface area contributed by atoms with Gasteiger partial charge in [0.1, 0.15) is 0 Å². The summed E-state index contributed by atoms with van der Waals surface area (Å²) >= 11 is 0. The number of hydrogen-bond acceptors (Lipinski definition) is 3. The van der Waals surface area contributed by atoms with E-state index in [9.17, 15) is 8.42 Å². The van der Waals surface area contributed by atoms with Crippen LogP contribution < -0.4 is 0 Å². The molecule has 0 saturated carbocycles. The fourth-order valence-corrected chi connectivity index (χ4v) is 7.36. The fourth-order valence-electron chi connectivity index (χ4n) is 5.97. The Balaban J connectivity index is 1.39. The highest BCUT2D eigenvalue weighted by Crippen LogP contribution is 2.36. The molecule has 2 unspecified atom stereocenters. The van der Waals surface area contributed by atoms with Crippen LogP contribution in [-0.2, 0) is 22.9 Å². The second kappa shape index (κ2) is 8.40. The number of nitrogens with zero attached hydrogens (tertiary/aromatic N) is 2. The summed E-state index contributed by atoms with van der Waals surface area (Å²) in [7, 11) is -3.68. The van der Waals surface area contributed by atoms with E-state index in [1.165, 1.54) is 40.9 Å². The third-order valence-electron chi connectivity index (χ3n) is 7.77. The van der Waals surface area contributed by atoms with E-state index in [-0.39, 0.29) is 0 Å². The zero-order valence-electron chi connectivity index (χ0n) is 19.5. The average Bonchev–Trinajstić information content (AvgIpc) is 3.48. The number of fused-ring (bicyclic) bond motifs is 2. The first-order valence-corrected chi connectivity index (χ1v) is 13.7. The van der Waals surface area contributed by atoms with Crippen LogP contribution in [0.5, 0.6) is 0 Å². The lowest BCUT2D eigenvalue weighted by Gasteiger charge is -2.35. The number of likely N-dealkylation sites (tertiary alicyclic amines) is 1. The van der Waals surface area contributed by atoms with Crippen LogP contribution >= 0.6 is 0 Å². The molecule has 2 atom stereocenters. The van der Waals surface area contributed by atoms with Crippen molar-refractivity contribution in [2.24, 2.45) is 0 Å². The molecule has 6 rings (SSSR count). The highest BCUT2D eigenvalue weighted by Gasteiger charge is 2.30. The van der Waals surface area contributed by atoms with Gasteiger partial charge in [-0.2, -0.15) is 0 Å². The van der Waals surface area contributed by atoms with Crippen LogP contribution in [0.2, 0.25) is 0 Å². The van der Waals surface area contributed by atoms with Crippen molar-refractivity contribution in [3.05, 3.63) is 90.1 Å². The Morgan fingerprint density at radius 3 is 2.47 bits per heavy atom. The van der Waals surface area contributed by atoms with Gasteiger partial charge in [-0.15, -0.1) is 0 Å². The van der Waals surface area contributed by atoms with Crippen molar-refractivity contribution in [1.29, 1.82) is 0 Å². The van der Waals surface area contributed by atoms with E-state index < -0.39 is 10.0 Å². The zero-order chi connectivity index (χ0) is 23.3. The van der Waals surface area contributed by atoms with Crippen molar-refractivity contribution in [3.8, 4) is 11.1 Å². The van der Waals surface area contributed by atoms with Crippen LogP contribution in [0.1, 0.15) is 37.3 Å². The van der Waals surface area contributed by atoms with Crippen LogP contribution in [0.15, 0.2) is 83.9 Å². The molecule has 4 nitrogen and oxygen atoms in total. The lowest BCUT2D eigenvalue weighted by Crippen LogP contribution is -2.41. The molecule has 1 aliphatic carbocycles. The molecule has 34 heavy (non-hydrogen) atoms. The molecule has 3 aromatic carbocycles. The predicted molar refractivity (Wildman–Crippen MR) is 138 cm³/mol. The maximum absolute atomic E-state index is 13.5. The molecule has 0 bridgehead atoms. The third kappa shape index (κ3) is 3.58. The molecule has 2 aliphatic rings. The molecule has 1 aliphatic heterocycles. The second-order valence-corrected chi connectivity index (χ2v) is 11.6. The molecule has 174 valence electrons. The van der Waals surface area contributed by atoms with E-state index in [0.29, 0.717) is 22.5 Å². The van der Waals surface area contributed by atoms with Gasteiger partial charge in [-0.25, -0.2) is 12.4 Å². The van der Waals surface area contributed by atoms with Crippen LogP contribution in [0.25, 0.3) is 22.0 Å². The van der Waals surface area contributed by atoms with Crippen molar-refractivity contribution in [2.75, 3.05) is 6.54 Å². The first kappa shape index (κ1) is 21.6. The van der Waals surface area contributed by atoms with Crippen molar-refractivity contribution in [2.45, 2.75) is 56.0 Å². The van der Waals surface area contributed by atoms with E-state index in [1.54, 1.807) is 30.5 Å². The zero-order valence-corrected chi connectivity index (χ0v) is 20.3. The molecule has 5 heteroatoms. The Morgan fingerprint density at radius 1 is 0.882 bits per heavy atom. The Kier molecular flexibility index (Phi) is 5.34. The minimum Gasteiger partial charge on any atom is -0.297 e. The van der Waals surface area contributed by atoms with Gasteiger partial charge in [0.05, 0.1) is 10.4 Å². The summed E-state index contributed by atoms with van der Waals surface area (Å²) in [5, 5.41) is 0.960. The summed E-state index contributed by atoms with van der Waals surface area (Å²) in [5.41, 5.74) is 5.61.